The van der Waals surface area contributed by atoms with Gasteiger partial charge in [0.1, 0.15) is 11.3 Å². The quantitative estimate of drug-likeness (QED) is 0.753. The van der Waals surface area contributed by atoms with Crippen LogP contribution in [0.25, 0.3) is 0 Å². The van der Waals surface area contributed by atoms with E-state index < -0.39 is 0 Å². The molecule has 1 aromatic rings. The lowest BCUT2D eigenvalue weighted by atomic mass is 10.0. The molecule has 0 saturated carbocycles. The van der Waals surface area contributed by atoms with Crippen molar-refractivity contribution in [1.82, 2.24) is 14.8 Å². The van der Waals surface area contributed by atoms with E-state index in [2.05, 4.69) is 10.1 Å². The van der Waals surface area contributed by atoms with Crippen molar-refractivity contribution in [1.29, 1.82) is 0 Å². The lowest BCUT2D eigenvalue weighted by molar-refractivity contribution is 0.0601. The average Bonchev–Trinajstić information content (AvgIpc) is 2.68. The molecular formula is C9H14N4OS. The molecule has 5 nitrogen and oxygen atoms in total. The van der Waals surface area contributed by atoms with Gasteiger partial charge < -0.3 is 10.5 Å². The second-order valence-electron chi connectivity index (χ2n) is 3.71. The normalized spacial score (nSPS) is 17.9. The van der Waals surface area contributed by atoms with E-state index in [1.165, 1.54) is 0 Å². The molecule has 82 valence electrons. The molecule has 0 radical (unpaired) electrons. The van der Waals surface area contributed by atoms with Crippen LogP contribution < -0.4 is 5.73 Å². The van der Waals surface area contributed by atoms with Crippen molar-refractivity contribution in [3.05, 3.63) is 12.2 Å². The molecule has 0 atom stereocenters. The van der Waals surface area contributed by atoms with E-state index in [-0.39, 0.29) is 4.99 Å². The predicted molar refractivity (Wildman–Crippen MR) is 59.5 cm³/mol. The molecule has 2 N–H and O–H groups in total. The Labute approximate surface area is 93.6 Å². The molecule has 0 spiro atoms. The highest BCUT2D eigenvalue weighted by molar-refractivity contribution is 7.80. The first-order valence-electron chi connectivity index (χ1n) is 5.02. The molecule has 0 unspecified atom stereocenters. The van der Waals surface area contributed by atoms with Crippen molar-refractivity contribution in [3.8, 4) is 0 Å². The highest BCUT2D eigenvalue weighted by Crippen LogP contribution is 2.16. The Morgan fingerprint density at radius 2 is 2.33 bits per heavy atom. The van der Waals surface area contributed by atoms with Crippen LogP contribution in [0.4, 0.5) is 0 Å². The maximum Gasteiger partial charge on any atom is 0.208 e. The van der Waals surface area contributed by atoms with Crippen LogP contribution in [0.3, 0.4) is 0 Å². The summed E-state index contributed by atoms with van der Waals surface area (Å²) in [5.41, 5.74) is 5.43. The molecule has 0 bridgehead atoms. The number of thiocarbonyl (C=S) groups is 1. The Morgan fingerprint density at radius 1 is 1.60 bits per heavy atom. The maximum atomic E-state index is 5.43. The molecule has 2 heterocycles. The summed E-state index contributed by atoms with van der Waals surface area (Å²) < 4.78 is 7.10. The van der Waals surface area contributed by atoms with E-state index in [9.17, 15) is 0 Å². The van der Waals surface area contributed by atoms with Crippen LogP contribution in [0.5, 0.6) is 0 Å². The van der Waals surface area contributed by atoms with Gasteiger partial charge in [-0.25, -0.2) is 4.98 Å². The molecule has 2 rings (SSSR count). The molecule has 0 amide bonds. The van der Waals surface area contributed by atoms with Gasteiger partial charge in [0.2, 0.25) is 5.82 Å². The van der Waals surface area contributed by atoms with Crippen molar-refractivity contribution >= 4 is 17.2 Å². The van der Waals surface area contributed by atoms with Gasteiger partial charge in [0.25, 0.3) is 0 Å². The third kappa shape index (κ3) is 2.73. The Bertz CT molecular complexity index is 346. The van der Waals surface area contributed by atoms with Gasteiger partial charge in [-0.15, -0.1) is 5.10 Å². The number of aromatic nitrogens is 3. The van der Waals surface area contributed by atoms with E-state index >= 15 is 0 Å². The van der Waals surface area contributed by atoms with Crippen LogP contribution in [-0.4, -0.2) is 33.0 Å². The third-order valence-electron chi connectivity index (χ3n) is 2.54. The van der Waals surface area contributed by atoms with Crippen LogP contribution in [0, 0.1) is 5.92 Å². The highest BCUT2D eigenvalue weighted by atomic mass is 32.1. The predicted octanol–water partition coefficient (Wildman–Crippen LogP) is 0.339. The molecule has 6 heteroatoms. The zero-order chi connectivity index (χ0) is 10.7. The van der Waals surface area contributed by atoms with Crippen LogP contribution in [-0.2, 0) is 11.3 Å². The Hall–Kier alpha value is -1.01. The van der Waals surface area contributed by atoms with Crippen LogP contribution >= 0.6 is 12.2 Å². The minimum Gasteiger partial charge on any atom is -0.387 e. The summed E-state index contributed by atoms with van der Waals surface area (Å²) in [6.07, 6.45) is 3.86. The first kappa shape index (κ1) is 10.5. The molecule has 1 saturated heterocycles. The standard InChI is InChI=1S/C9H14N4OS/c10-8(15)9-11-6-13(12-9)5-7-1-3-14-4-2-7/h6-7H,1-5H2,(H2,10,15). The van der Waals surface area contributed by atoms with Crippen molar-refractivity contribution in [2.24, 2.45) is 11.7 Å². The topological polar surface area (TPSA) is 66.0 Å². The second kappa shape index (κ2) is 4.67. The van der Waals surface area contributed by atoms with Crippen molar-refractivity contribution in [2.45, 2.75) is 19.4 Å². The molecule has 1 fully saturated rings. The van der Waals surface area contributed by atoms with Crippen molar-refractivity contribution < 1.29 is 4.74 Å². The van der Waals surface area contributed by atoms with E-state index in [4.69, 9.17) is 22.7 Å². The van der Waals surface area contributed by atoms with Gasteiger partial charge in [-0.3, -0.25) is 4.68 Å². The number of hydrogen-bond acceptors (Lipinski definition) is 4. The molecule has 1 aliphatic rings. The number of nitrogens with zero attached hydrogens (tertiary/aromatic N) is 3. The smallest absolute Gasteiger partial charge is 0.208 e. The first-order chi connectivity index (χ1) is 7.25. The number of ether oxygens (including phenoxy) is 1. The summed E-state index contributed by atoms with van der Waals surface area (Å²) in [7, 11) is 0. The van der Waals surface area contributed by atoms with Crippen molar-refractivity contribution in [2.75, 3.05) is 13.2 Å². The summed E-state index contributed by atoms with van der Waals surface area (Å²) in [5.74, 6) is 1.08. The Kier molecular flexibility index (Phi) is 3.27. The lowest BCUT2D eigenvalue weighted by Gasteiger charge is -2.21. The maximum absolute atomic E-state index is 5.43. The van der Waals surface area contributed by atoms with Gasteiger partial charge in [0.05, 0.1) is 0 Å². The summed E-state index contributed by atoms with van der Waals surface area (Å²) in [5, 5.41) is 4.20. The Balaban J connectivity index is 1.94. The van der Waals surface area contributed by atoms with Gasteiger partial charge in [0.15, 0.2) is 0 Å². The fraction of sp³-hybridized carbons (Fsp3) is 0.667. The molecule has 1 aliphatic heterocycles. The van der Waals surface area contributed by atoms with Crippen LogP contribution in [0.15, 0.2) is 6.33 Å². The van der Waals surface area contributed by atoms with Crippen LogP contribution in [0.2, 0.25) is 0 Å². The minimum absolute atomic E-state index is 0.251. The van der Waals surface area contributed by atoms with E-state index in [0.29, 0.717) is 11.7 Å². The van der Waals surface area contributed by atoms with Gasteiger partial charge in [-0.05, 0) is 18.8 Å². The van der Waals surface area contributed by atoms with Gasteiger partial charge in [0, 0.05) is 19.8 Å². The Morgan fingerprint density at radius 3 is 2.93 bits per heavy atom. The SMILES string of the molecule is NC(=S)c1ncn(CC2CCOCC2)n1. The van der Waals surface area contributed by atoms with E-state index in [1.807, 2.05) is 4.68 Å². The summed E-state index contributed by atoms with van der Waals surface area (Å²) in [6, 6.07) is 0. The second-order valence-corrected chi connectivity index (χ2v) is 4.15. The summed E-state index contributed by atoms with van der Waals surface area (Å²) in [4.78, 5) is 4.29. The van der Waals surface area contributed by atoms with Gasteiger partial charge in [-0.1, -0.05) is 12.2 Å². The molecule has 0 aliphatic carbocycles. The van der Waals surface area contributed by atoms with Gasteiger partial charge >= 0.3 is 0 Å². The highest BCUT2D eigenvalue weighted by Gasteiger charge is 2.15. The van der Waals surface area contributed by atoms with Crippen LogP contribution in [0.1, 0.15) is 18.7 Å². The zero-order valence-corrected chi connectivity index (χ0v) is 9.24. The van der Waals surface area contributed by atoms with Gasteiger partial charge in [-0.2, -0.15) is 0 Å². The van der Waals surface area contributed by atoms with E-state index in [0.717, 1.165) is 32.6 Å². The monoisotopic (exact) mass is 226 g/mol. The molecular weight excluding hydrogens is 212 g/mol. The fourth-order valence-corrected chi connectivity index (χ4v) is 1.78. The summed E-state index contributed by atoms with van der Waals surface area (Å²) >= 11 is 4.80. The number of hydrogen-bond donors (Lipinski definition) is 1. The summed E-state index contributed by atoms with van der Waals surface area (Å²) in [6.45, 7) is 2.57. The number of nitrogens with two attached hydrogens (primary N) is 1. The minimum atomic E-state index is 0.251. The fourth-order valence-electron chi connectivity index (χ4n) is 1.69. The van der Waals surface area contributed by atoms with Crippen molar-refractivity contribution in [3.63, 3.8) is 0 Å². The average molecular weight is 226 g/mol. The zero-order valence-electron chi connectivity index (χ0n) is 8.43. The lowest BCUT2D eigenvalue weighted by Crippen LogP contribution is -2.21. The molecule has 0 aromatic carbocycles. The molecule has 15 heavy (non-hydrogen) atoms. The first-order valence-corrected chi connectivity index (χ1v) is 5.43. The molecule has 1 aromatic heterocycles. The van der Waals surface area contributed by atoms with E-state index in [1.54, 1.807) is 6.33 Å². The largest absolute Gasteiger partial charge is 0.387 e. The number of rotatable bonds is 3. The third-order valence-corrected chi connectivity index (χ3v) is 2.73.